The Bertz CT molecular complexity index is 304. The lowest BCUT2D eigenvalue weighted by Crippen LogP contribution is -2.27. The third-order valence-electron chi connectivity index (χ3n) is 2.53. The monoisotopic (exact) mass is 231 g/mol. The van der Waals surface area contributed by atoms with Crippen molar-refractivity contribution in [2.24, 2.45) is 0 Å². The second kappa shape index (κ2) is 4.43. The Hall–Kier alpha value is -0.380. The number of piperidine rings is 1. The van der Waals surface area contributed by atoms with Crippen LogP contribution in [0, 0.1) is 0 Å². The first-order valence-corrected chi connectivity index (χ1v) is 5.41. The molecule has 0 amide bonds. The maximum absolute atomic E-state index is 6.01. The summed E-state index contributed by atoms with van der Waals surface area (Å²) in [5, 5.41) is 4.29. The maximum Gasteiger partial charge on any atom is 0.137 e. The van der Waals surface area contributed by atoms with Gasteiger partial charge in [0.15, 0.2) is 0 Å². The van der Waals surface area contributed by atoms with Gasteiger partial charge >= 0.3 is 0 Å². The van der Waals surface area contributed by atoms with Crippen molar-refractivity contribution in [1.82, 2.24) is 15.3 Å². The van der Waals surface area contributed by atoms with Crippen LogP contribution in [0.3, 0.4) is 0 Å². The van der Waals surface area contributed by atoms with E-state index in [1.54, 1.807) is 0 Å². The molecule has 0 spiro atoms. The molecule has 1 aromatic heterocycles. The van der Waals surface area contributed by atoms with Crippen LogP contribution >= 0.6 is 23.2 Å². The van der Waals surface area contributed by atoms with Crippen LogP contribution < -0.4 is 5.32 Å². The van der Waals surface area contributed by atoms with Gasteiger partial charge in [0.1, 0.15) is 16.6 Å². The first-order chi connectivity index (χ1) is 6.79. The molecule has 0 bridgehead atoms. The summed E-state index contributed by atoms with van der Waals surface area (Å²) in [4.78, 5) is 7.93. The molecule has 1 fully saturated rings. The Morgan fingerprint density at radius 1 is 1.14 bits per heavy atom. The minimum atomic E-state index is 0.400. The molecule has 0 unspecified atom stereocenters. The predicted molar refractivity (Wildman–Crippen MR) is 56.9 cm³/mol. The van der Waals surface area contributed by atoms with Crippen molar-refractivity contribution in [2.45, 2.75) is 18.8 Å². The summed E-state index contributed by atoms with van der Waals surface area (Å²) >= 11 is 12.0. The smallest absolute Gasteiger partial charge is 0.137 e. The van der Waals surface area contributed by atoms with Crippen molar-refractivity contribution in [1.29, 1.82) is 0 Å². The highest BCUT2D eigenvalue weighted by molar-refractivity contribution is 6.34. The molecular formula is C9H11Cl2N3. The number of rotatable bonds is 1. The molecule has 2 rings (SSSR count). The summed E-state index contributed by atoms with van der Waals surface area (Å²) in [5.41, 5.74) is 0.914. The third kappa shape index (κ3) is 2.00. The summed E-state index contributed by atoms with van der Waals surface area (Å²) in [6, 6.07) is 0. The van der Waals surface area contributed by atoms with E-state index < -0.39 is 0 Å². The molecular weight excluding hydrogens is 221 g/mol. The molecule has 0 atom stereocenters. The van der Waals surface area contributed by atoms with Gasteiger partial charge in [0.05, 0.1) is 0 Å². The van der Waals surface area contributed by atoms with E-state index in [2.05, 4.69) is 15.3 Å². The molecule has 0 aliphatic carbocycles. The Morgan fingerprint density at radius 2 is 1.71 bits per heavy atom. The first-order valence-electron chi connectivity index (χ1n) is 4.65. The van der Waals surface area contributed by atoms with E-state index in [1.165, 1.54) is 6.33 Å². The van der Waals surface area contributed by atoms with E-state index in [0.29, 0.717) is 16.2 Å². The zero-order valence-electron chi connectivity index (χ0n) is 7.63. The number of halogens is 2. The molecule has 1 saturated heterocycles. The van der Waals surface area contributed by atoms with Gasteiger partial charge in [-0.25, -0.2) is 9.97 Å². The van der Waals surface area contributed by atoms with E-state index in [4.69, 9.17) is 23.2 Å². The van der Waals surface area contributed by atoms with Crippen molar-refractivity contribution in [3.05, 3.63) is 22.2 Å². The van der Waals surface area contributed by atoms with Gasteiger partial charge in [0.2, 0.25) is 0 Å². The Balaban J connectivity index is 2.29. The highest BCUT2D eigenvalue weighted by Crippen LogP contribution is 2.33. The second-order valence-electron chi connectivity index (χ2n) is 3.39. The van der Waals surface area contributed by atoms with Crippen LogP contribution in [0.1, 0.15) is 24.3 Å². The Morgan fingerprint density at radius 3 is 2.29 bits per heavy atom. The lowest BCUT2D eigenvalue weighted by molar-refractivity contribution is 0.459. The number of nitrogens with zero attached hydrogens (tertiary/aromatic N) is 2. The molecule has 5 heteroatoms. The molecule has 2 heterocycles. The highest BCUT2D eigenvalue weighted by atomic mass is 35.5. The number of nitrogens with one attached hydrogen (secondary N) is 1. The van der Waals surface area contributed by atoms with E-state index in [-0.39, 0.29) is 0 Å². The topological polar surface area (TPSA) is 37.8 Å². The van der Waals surface area contributed by atoms with Crippen LogP contribution in [0.5, 0.6) is 0 Å². The zero-order chi connectivity index (χ0) is 9.97. The summed E-state index contributed by atoms with van der Waals surface area (Å²) in [6.07, 6.45) is 3.49. The first kappa shape index (κ1) is 10.1. The molecule has 0 aromatic carbocycles. The molecule has 76 valence electrons. The predicted octanol–water partition coefficient (Wildman–Crippen LogP) is 2.25. The van der Waals surface area contributed by atoms with Crippen molar-refractivity contribution in [3.8, 4) is 0 Å². The fourth-order valence-electron chi connectivity index (χ4n) is 1.80. The molecule has 1 aromatic rings. The molecule has 1 aliphatic heterocycles. The van der Waals surface area contributed by atoms with Crippen LogP contribution in [0.15, 0.2) is 6.33 Å². The van der Waals surface area contributed by atoms with Crippen LogP contribution in [-0.4, -0.2) is 23.1 Å². The normalized spacial score (nSPS) is 18.4. The van der Waals surface area contributed by atoms with Gasteiger partial charge in [-0.2, -0.15) is 0 Å². The standard InChI is InChI=1S/C9H11Cl2N3/c10-8-7(9(11)14-5-13-8)6-1-3-12-4-2-6/h5-6,12H,1-4H2. The average molecular weight is 232 g/mol. The molecule has 0 radical (unpaired) electrons. The number of aromatic nitrogens is 2. The summed E-state index contributed by atoms with van der Waals surface area (Å²) in [5.74, 6) is 0.400. The fraction of sp³-hybridized carbons (Fsp3) is 0.556. The van der Waals surface area contributed by atoms with E-state index in [1.807, 2.05) is 0 Å². The van der Waals surface area contributed by atoms with Crippen molar-refractivity contribution in [3.63, 3.8) is 0 Å². The summed E-state index contributed by atoms with van der Waals surface area (Å²) in [6.45, 7) is 2.01. The molecule has 1 aliphatic rings. The lowest BCUT2D eigenvalue weighted by atomic mass is 9.92. The quantitative estimate of drug-likeness (QED) is 0.754. The largest absolute Gasteiger partial charge is 0.317 e. The summed E-state index contributed by atoms with van der Waals surface area (Å²) < 4.78 is 0. The van der Waals surface area contributed by atoms with Crippen LogP contribution in [0.25, 0.3) is 0 Å². The number of hydrogen-bond donors (Lipinski definition) is 1. The molecule has 3 nitrogen and oxygen atoms in total. The minimum Gasteiger partial charge on any atom is -0.317 e. The maximum atomic E-state index is 6.01. The van der Waals surface area contributed by atoms with Gasteiger partial charge in [-0.3, -0.25) is 0 Å². The van der Waals surface area contributed by atoms with E-state index in [9.17, 15) is 0 Å². The molecule has 1 N–H and O–H groups in total. The van der Waals surface area contributed by atoms with Crippen molar-refractivity contribution in [2.75, 3.05) is 13.1 Å². The van der Waals surface area contributed by atoms with Crippen LogP contribution in [-0.2, 0) is 0 Å². The fourth-order valence-corrected chi connectivity index (χ4v) is 2.43. The minimum absolute atomic E-state index is 0.400. The second-order valence-corrected chi connectivity index (χ2v) is 4.11. The highest BCUT2D eigenvalue weighted by Gasteiger charge is 2.21. The Kier molecular flexibility index (Phi) is 3.21. The van der Waals surface area contributed by atoms with Gasteiger partial charge in [0.25, 0.3) is 0 Å². The molecule has 0 saturated carbocycles. The SMILES string of the molecule is Clc1ncnc(Cl)c1C1CCNCC1. The van der Waals surface area contributed by atoms with Gasteiger partial charge in [0, 0.05) is 5.56 Å². The van der Waals surface area contributed by atoms with Gasteiger partial charge in [-0.1, -0.05) is 23.2 Å². The average Bonchev–Trinajstić information content (AvgIpc) is 2.19. The third-order valence-corrected chi connectivity index (χ3v) is 3.14. The van der Waals surface area contributed by atoms with E-state index in [0.717, 1.165) is 31.5 Å². The van der Waals surface area contributed by atoms with Gasteiger partial charge in [-0.15, -0.1) is 0 Å². The number of hydrogen-bond acceptors (Lipinski definition) is 3. The van der Waals surface area contributed by atoms with Gasteiger partial charge in [-0.05, 0) is 31.8 Å². The van der Waals surface area contributed by atoms with Crippen molar-refractivity contribution >= 4 is 23.2 Å². The van der Waals surface area contributed by atoms with E-state index >= 15 is 0 Å². The van der Waals surface area contributed by atoms with Gasteiger partial charge < -0.3 is 5.32 Å². The zero-order valence-corrected chi connectivity index (χ0v) is 9.15. The van der Waals surface area contributed by atoms with Crippen LogP contribution in [0.4, 0.5) is 0 Å². The van der Waals surface area contributed by atoms with Crippen molar-refractivity contribution < 1.29 is 0 Å². The summed E-state index contributed by atoms with van der Waals surface area (Å²) in [7, 11) is 0. The Labute approximate surface area is 92.8 Å². The lowest BCUT2D eigenvalue weighted by Gasteiger charge is -2.23. The van der Waals surface area contributed by atoms with Crippen LogP contribution in [0.2, 0.25) is 10.3 Å². The molecule has 14 heavy (non-hydrogen) atoms.